The zero-order valence-electron chi connectivity index (χ0n) is 11.1. The van der Waals surface area contributed by atoms with Crippen LogP contribution in [0.5, 0.6) is 0 Å². The van der Waals surface area contributed by atoms with E-state index in [4.69, 9.17) is 11.6 Å². The van der Waals surface area contributed by atoms with E-state index in [2.05, 4.69) is 0 Å². The monoisotopic (exact) mass is 313 g/mol. The molecular weight excluding hydrogens is 298 g/mol. The standard InChI is InChI=1S/C14H16ClNO3S/c1-7-6-20-12(10(7)15)13(17)16-5-8-3-2-4-9(8)11(16)14(18)19/h6,8-9,11H,2-5H2,1H3,(H,18,19). The number of likely N-dealkylation sites (tertiary alicyclic amines) is 1. The molecule has 0 aromatic carbocycles. The van der Waals surface area contributed by atoms with Crippen molar-refractivity contribution < 1.29 is 14.7 Å². The van der Waals surface area contributed by atoms with Crippen LogP contribution in [0.25, 0.3) is 0 Å². The molecule has 1 saturated carbocycles. The van der Waals surface area contributed by atoms with Crippen LogP contribution in [0.3, 0.4) is 0 Å². The van der Waals surface area contributed by atoms with Crippen molar-refractivity contribution in [2.24, 2.45) is 11.8 Å². The number of fused-ring (bicyclic) bond motifs is 1. The van der Waals surface area contributed by atoms with Crippen molar-refractivity contribution in [1.29, 1.82) is 0 Å². The van der Waals surface area contributed by atoms with Gasteiger partial charge in [0.05, 0.1) is 5.02 Å². The van der Waals surface area contributed by atoms with Crippen molar-refractivity contribution in [3.05, 3.63) is 20.8 Å². The predicted molar refractivity (Wildman–Crippen MR) is 77.4 cm³/mol. The van der Waals surface area contributed by atoms with E-state index in [-0.39, 0.29) is 11.8 Å². The van der Waals surface area contributed by atoms with E-state index in [1.807, 2.05) is 12.3 Å². The molecule has 1 aromatic heterocycles. The Kier molecular flexibility index (Phi) is 3.50. The Bertz CT molecular complexity index is 571. The molecule has 1 amide bonds. The highest BCUT2D eigenvalue weighted by molar-refractivity contribution is 7.13. The molecule has 0 radical (unpaired) electrons. The number of nitrogens with zero attached hydrogens (tertiary/aromatic N) is 1. The molecule has 4 nitrogen and oxygen atoms in total. The molecule has 1 aromatic rings. The van der Waals surface area contributed by atoms with Gasteiger partial charge in [-0.05, 0) is 42.5 Å². The van der Waals surface area contributed by atoms with Gasteiger partial charge in [-0.25, -0.2) is 4.79 Å². The SMILES string of the molecule is Cc1csc(C(=O)N2CC3CCCC3C2C(=O)O)c1Cl. The number of carboxylic acid groups (broad SMARTS) is 1. The zero-order valence-corrected chi connectivity index (χ0v) is 12.7. The van der Waals surface area contributed by atoms with E-state index in [1.54, 1.807) is 0 Å². The van der Waals surface area contributed by atoms with Crippen LogP contribution in [0.1, 0.15) is 34.5 Å². The van der Waals surface area contributed by atoms with Crippen LogP contribution >= 0.6 is 22.9 Å². The summed E-state index contributed by atoms with van der Waals surface area (Å²) in [6.45, 7) is 2.40. The quantitative estimate of drug-likeness (QED) is 0.913. The number of amides is 1. The molecule has 1 N–H and O–H groups in total. The van der Waals surface area contributed by atoms with Crippen molar-refractivity contribution in [2.75, 3.05) is 6.54 Å². The van der Waals surface area contributed by atoms with Gasteiger partial charge in [-0.1, -0.05) is 18.0 Å². The van der Waals surface area contributed by atoms with Crippen LogP contribution in [0.4, 0.5) is 0 Å². The summed E-state index contributed by atoms with van der Waals surface area (Å²) in [4.78, 5) is 26.2. The second-order valence-corrected chi connectivity index (χ2v) is 6.91. The Hall–Kier alpha value is -1.07. The first-order chi connectivity index (χ1) is 9.50. The van der Waals surface area contributed by atoms with Crippen LogP contribution < -0.4 is 0 Å². The van der Waals surface area contributed by atoms with Gasteiger partial charge >= 0.3 is 5.97 Å². The summed E-state index contributed by atoms with van der Waals surface area (Å²) >= 11 is 7.44. The van der Waals surface area contributed by atoms with Crippen molar-refractivity contribution in [3.8, 4) is 0 Å². The first-order valence-electron chi connectivity index (χ1n) is 6.78. The minimum absolute atomic E-state index is 0.108. The van der Waals surface area contributed by atoms with Crippen molar-refractivity contribution in [2.45, 2.75) is 32.2 Å². The number of hydrogen-bond donors (Lipinski definition) is 1. The van der Waals surface area contributed by atoms with Crippen LogP contribution in [0, 0.1) is 18.8 Å². The molecule has 108 valence electrons. The highest BCUT2D eigenvalue weighted by Crippen LogP contribution is 2.43. The van der Waals surface area contributed by atoms with Gasteiger partial charge in [0.1, 0.15) is 10.9 Å². The highest BCUT2D eigenvalue weighted by atomic mass is 35.5. The van der Waals surface area contributed by atoms with Gasteiger partial charge in [0.15, 0.2) is 0 Å². The van der Waals surface area contributed by atoms with Crippen LogP contribution in [0.15, 0.2) is 5.38 Å². The molecule has 1 aliphatic carbocycles. The van der Waals surface area contributed by atoms with Crippen molar-refractivity contribution in [1.82, 2.24) is 4.90 Å². The zero-order chi connectivity index (χ0) is 14.4. The maximum absolute atomic E-state index is 12.6. The van der Waals surface area contributed by atoms with E-state index >= 15 is 0 Å². The van der Waals surface area contributed by atoms with E-state index < -0.39 is 12.0 Å². The molecule has 3 atom stereocenters. The van der Waals surface area contributed by atoms with Gasteiger partial charge in [0.2, 0.25) is 0 Å². The van der Waals surface area contributed by atoms with Crippen LogP contribution in [-0.4, -0.2) is 34.5 Å². The Morgan fingerprint density at radius 3 is 2.80 bits per heavy atom. The summed E-state index contributed by atoms with van der Waals surface area (Å²) in [7, 11) is 0. The Morgan fingerprint density at radius 1 is 1.45 bits per heavy atom. The van der Waals surface area contributed by atoms with Gasteiger partial charge in [0.25, 0.3) is 5.91 Å². The Balaban J connectivity index is 1.91. The lowest BCUT2D eigenvalue weighted by Gasteiger charge is -2.24. The molecular formula is C14H16ClNO3S. The number of aryl methyl sites for hydroxylation is 1. The maximum Gasteiger partial charge on any atom is 0.326 e. The van der Waals surface area contributed by atoms with E-state index in [0.717, 1.165) is 24.8 Å². The third-order valence-electron chi connectivity index (χ3n) is 4.50. The molecule has 1 aliphatic heterocycles. The summed E-state index contributed by atoms with van der Waals surface area (Å²) in [5.41, 5.74) is 0.867. The fourth-order valence-corrected chi connectivity index (χ4v) is 4.76. The molecule has 0 spiro atoms. The Labute approximate surface area is 126 Å². The molecule has 2 aliphatic rings. The van der Waals surface area contributed by atoms with Gasteiger partial charge in [-0.3, -0.25) is 4.79 Å². The largest absolute Gasteiger partial charge is 0.480 e. The maximum atomic E-state index is 12.6. The van der Waals surface area contributed by atoms with Crippen LogP contribution in [0.2, 0.25) is 5.02 Å². The second kappa shape index (κ2) is 5.04. The van der Waals surface area contributed by atoms with Gasteiger partial charge in [0, 0.05) is 6.54 Å². The number of hydrogen-bond acceptors (Lipinski definition) is 3. The third kappa shape index (κ3) is 2.04. The fraction of sp³-hybridized carbons (Fsp3) is 0.571. The van der Waals surface area contributed by atoms with Gasteiger partial charge in [-0.15, -0.1) is 11.3 Å². The molecule has 3 rings (SSSR count). The summed E-state index contributed by atoms with van der Waals surface area (Å²) in [5.74, 6) is -0.678. The molecule has 2 heterocycles. The lowest BCUT2D eigenvalue weighted by Crippen LogP contribution is -2.43. The summed E-state index contributed by atoms with van der Waals surface area (Å²) in [5, 5.41) is 11.8. The summed E-state index contributed by atoms with van der Waals surface area (Å²) in [6, 6.07) is -0.687. The molecule has 6 heteroatoms. The topological polar surface area (TPSA) is 57.6 Å². The van der Waals surface area contributed by atoms with Crippen LogP contribution in [-0.2, 0) is 4.79 Å². The van der Waals surface area contributed by atoms with E-state index in [1.165, 1.54) is 16.2 Å². The average molecular weight is 314 g/mol. The fourth-order valence-electron chi connectivity index (χ4n) is 3.54. The molecule has 1 saturated heterocycles. The predicted octanol–water partition coefficient (Wildman–Crippen LogP) is 3.04. The Morgan fingerprint density at radius 2 is 2.20 bits per heavy atom. The summed E-state index contributed by atoms with van der Waals surface area (Å²) < 4.78 is 0. The first kappa shape index (κ1) is 13.9. The van der Waals surface area contributed by atoms with Gasteiger partial charge < -0.3 is 10.0 Å². The highest BCUT2D eigenvalue weighted by Gasteiger charge is 2.50. The first-order valence-corrected chi connectivity index (χ1v) is 8.04. The number of aliphatic carboxylic acids is 1. The number of carbonyl (C=O) groups excluding carboxylic acids is 1. The number of halogens is 1. The van der Waals surface area contributed by atoms with E-state index in [0.29, 0.717) is 22.4 Å². The third-order valence-corrected chi connectivity index (χ3v) is 6.18. The lowest BCUT2D eigenvalue weighted by atomic mass is 9.94. The molecule has 20 heavy (non-hydrogen) atoms. The smallest absolute Gasteiger partial charge is 0.326 e. The normalized spacial score (nSPS) is 28.7. The average Bonchev–Trinajstić information content (AvgIpc) is 3.04. The number of carboxylic acids is 1. The van der Waals surface area contributed by atoms with Gasteiger partial charge in [-0.2, -0.15) is 0 Å². The molecule has 2 fully saturated rings. The summed E-state index contributed by atoms with van der Waals surface area (Å²) in [6.07, 6.45) is 3.00. The minimum Gasteiger partial charge on any atom is -0.480 e. The second-order valence-electron chi connectivity index (χ2n) is 5.66. The number of carbonyl (C=O) groups is 2. The lowest BCUT2D eigenvalue weighted by molar-refractivity contribution is -0.142. The minimum atomic E-state index is -0.892. The molecule has 0 bridgehead atoms. The number of thiophene rings is 1. The van der Waals surface area contributed by atoms with Crippen molar-refractivity contribution in [3.63, 3.8) is 0 Å². The molecule has 3 unspecified atom stereocenters. The van der Waals surface area contributed by atoms with Crippen molar-refractivity contribution >= 4 is 34.8 Å². The number of rotatable bonds is 2. The van der Waals surface area contributed by atoms with E-state index in [9.17, 15) is 14.7 Å².